The molecular weight excluding hydrogens is 266 g/mol. The van der Waals surface area contributed by atoms with Gasteiger partial charge in [0.25, 0.3) is 5.91 Å². The number of hydrogen-bond acceptors (Lipinski definition) is 6. The standard InChI is InChI=1S/C11H19N5O4/c1-4-15(5-2)7-6-12-10(17)8-9(16(18)19)11(20-3)14-13-8/h4-7H2,1-3H3,(H,12,17)(H,13,14). The molecular formula is C11H19N5O4. The van der Waals surface area contributed by atoms with E-state index < -0.39 is 16.5 Å². The maximum absolute atomic E-state index is 11.9. The number of H-pyrrole nitrogens is 1. The van der Waals surface area contributed by atoms with Crippen molar-refractivity contribution in [1.82, 2.24) is 20.4 Å². The molecule has 1 heterocycles. The van der Waals surface area contributed by atoms with Crippen LogP contribution in [-0.2, 0) is 0 Å². The van der Waals surface area contributed by atoms with Crippen molar-refractivity contribution < 1.29 is 14.5 Å². The Kier molecular flexibility index (Phi) is 5.91. The SMILES string of the molecule is CCN(CC)CCNC(=O)c1[nH]nc(OC)c1[N+](=O)[O-]. The molecule has 0 aliphatic rings. The summed E-state index contributed by atoms with van der Waals surface area (Å²) in [5, 5.41) is 19.5. The zero-order chi connectivity index (χ0) is 15.1. The summed E-state index contributed by atoms with van der Waals surface area (Å²) in [6, 6.07) is 0. The number of aromatic nitrogens is 2. The topological polar surface area (TPSA) is 113 Å². The molecule has 9 nitrogen and oxygen atoms in total. The van der Waals surface area contributed by atoms with E-state index in [0.717, 1.165) is 13.1 Å². The van der Waals surface area contributed by atoms with E-state index in [9.17, 15) is 14.9 Å². The molecule has 112 valence electrons. The monoisotopic (exact) mass is 285 g/mol. The maximum Gasteiger partial charge on any atom is 0.362 e. The molecule has 0 atom stereocenters. The maximum atomic E-state index is 11.9. The molecule has 2 N–H and O–H groups in total. The number of nitrogens with one attached hydrogen (secondary N) is 2. The van der Waals surface area contributed by atoms with Crippen LogP contribution >= 0.6 is 0 Å². The van der Waals surface area contributed by atoms with Gasteiger partial charge in [0, 0.05) is 13.1 Å². The molecule has 0 saturated heterocycles. The minimum atomic E-state index is -0.693. The van der Waals surface area contributed by atoms with Crippen molar-refractivity contribution in [3.63, 3.8) is 0 Å². The fraction of sp³-hybridized carbons (Fsp3) is 0.636. The Morgan fingerprint density at radius 3 is 2.65 bits per heavy atom. The summed E-state index contributed by atoms with van der Waals surface area (Å²) < 4.78 is 4.74. The van der Waals surface area contributed by atoms with Crippen molar-refractivity contribution in [2.24, 2.45) is 0 Å². The Morgan fingerprint density at radius 1 is 1.50 bits per heavy atom. The summed E-state index contributed by atoms with van der Waals surface area (Å²) in [6.45, 7) is 6.89. The summed E-state index contributed by atoms with van der Waals surface area (Å²) in [5.41, 5.74) is -0.653. The molecule has 1 aromatic rings. The molecule has 9 heteroatoms. The van der Waals surface area contributed by atoms with E-state index in [0.29, 0.717) is 13.1 Å². The second kappa shape index (κ2) is 7.43. The molecule has 0 saturated carbocycles. The van der Waals surface area contributed by atoms with Crippen LogP contribution in [0.2, 0.25) is 0 Å². The van der Waals surface area contributed by atoms with Crippen LogP contribution in [0, 0.1) is 10.1 Å². The highest BCUT2D eigenvalue weighted by Gasteiger charge is 2.29. The lowest BCUT2D eigenvalue weighted by atomic mass is 10.3. The quantitative estimate of drug-likeness (QED) is 0.528. The van der Waals surface area contributed by atoms with Gasteiger partial charge in [-0.2, -0.15) is 0 Å². The first-order chi connectivity index (χ1) is 9.54. The van der Waals surface area contributed by atoms with Crippen molar-refractivity contribution >= 4 is 11.6 Å². The van der Waals surface area contributed by atoms with E-state index in [1.54, 1.807) is 0 Å². The number of carbonyl (C=O) groups is 1. The fourth-order valence-corrected chi connectivity index (χ4v) is 1.75. The van der Waals surface area contributed by atoms with Crippen LogP contribution < -0.4 is 10.1 Å². The molecule has 0 aliphatic carbocycles. The number of ether oxygens (including phenoxy) is 1. The molecule has 0 unspecified atom stereocenters. The number of amides is 1. The smallest absolute Gasteiger partial charge is 0.362 e. The van der Waals surface area contributed by atoms with Gasteiger partial charge >= 0.3 is 11.6 Å². The first-order valence-electron chi connectivity index (χ1n) is 6.32. The second-order valence-electron chi connectivity index (χ2n) is 4.00. The van der Waals surface area contributed by atoms with Crippen LogP contribution in [-0.4, -0.2) is 59.2 Å². The average molecular weight is 285 g/mol. The Bertz CT molecular complexity index is 469. The number of nitrogens with zero attached hydrogens (tertiary/aromatic N) is 3. The molecule has 20 heavy (non-hydrogen) atoms. The van der Waals surface area contributed by atoms with Gasteiger partial charge in [-0.05, 0) is 13.1 Å². The largest absolute Gasteiger partial charge is 0.475 e. The van der Waals surface area contributed by atoms with E-state index in [1.165, 1.54) is 7.11 Å². The molecule has 0 radical (unpaired) electrons. The summed E-state index contributed by atoms with van der Waals surface area (Å²) in [5.74, 6) is -0.774. The van der Waals surface area contributed by atoms with Crippen molar-refractivity contribution in [1.29, 1.82) is 0 Å². The summed E-state index contributed by atoms with van der Waals surface area (Å²) in [4.78, 5) is 24.2. The van der Waals surface area contributed by atoms with Gasteiger partial charge in [0.15, 0.2) is 0 Å². The molecule has 1 aromatic heterocycles. The van der Waals surface area contributed by atoms with Gasteiger partial charge < -0.3 is 15.0 Å². The van der Waals surface area contributed by atoms with Crippen molar-refractivity contribution in [2.75, 3.05) is 33.3 Å². The third-order valence-electron chi connectivity index (χ3n) is 2.92. The molecule has 1 amide bonds. The van der Waals surface area contributed by atoms with Gasteiger partial charge in [-0.15, -0.1) is 5.10 Å². The lowest BCUT2D eigenvalue weighted by Crippen LogP contribution is -2.35. The number of nitro groups is 1. The molecule has 0 spiro atoms. The zero-order valence-electron chi connectivity index (χ0n) is 11.8. The van der Waals surface area contributed by atoms with Gasteiger partial charge in [0.05, 0.1) is 12.0 Å². The van der Waals surface area contributed by atoms with E-state index >= 15 is 0 Å². The number of methoxy groups -OCH3 is 1. The second-order valence-corrected chi connectivity index (χ2v) is 4.00. The van der Waals surface area contributed by atoms with Gasteiger partial charge in [0.1, 0.15) is 0 Å². The lowest BCUT2D eigenvalue weighted by Gasteiger charge is -2.17. The van der Waals surface area contributed by atoms with E-state index in [-0.39, 0.29) is 11.6 Å². The number of carbonyl (C=O) groups excluding carboxylic acids is 1. The van der Waals surface area contributed by atoms with Crippen LogP contribution in [0.15, 0.2) is 0 Å². The zero-order valence-corrected chi connectivity index (χ0v) is 11.8. The fourth-order valence-electron chi connectivity index (χ4n) is 1.75. The highest BCUT2D eigenvalue weighted by atomic mass is 16.6. The molecule has 0 bridgehead atoms. The van der Waals surface area contributed by atoms with Crippen LogP contribution in [0.5, 0.6) is 5.88 Å². The minimum absolute atomic E-state index is 0.202. The summed E-state index contributed by atoms with van der Waals surface area (Å²) in [7, 11) is 1.26. The molecule has 0 aromatic carbocycles. The number of hydrogen-bond donors (Lipinski definition) is 2. The summed E-state index contributed by atoms with van der Waals surface area (Å²) in [6.07, 6.45) is 0. The van der Waals surface area contributed by atoms with Crippen LogP contribution in [0.3, 0.4) is 0 Å². The minimum Gasteiger partial charge on any atom is -0.475 e. The number of aromatic amines is 1. The predicted octanol–water partition coefficient (Wildman–Crippen LogP) is 0.398. The predicted molar refractivity (Wildman–Crippen MR) is 71.9 cm³/mol. The van der Waals surface area contributed by atoms with Crippen molar-refractivity contribution in [2.45, 2.75) is 13.8 Å². The molecule has 0 aliphatic heterocycles. The normalized spacial score (nSPS) is 10.6. The van der Waals surface area contributed by atoms with Crippen molar-refractivity contribution in [3.8, 4) is 5.88 Å². The van der Waals surface area contributed by atoms with Crippen LogP contribution in [0.1, 0.15) is 24.3 Å². The number of rotatable bonds is 8. The van der Waals surface area contributed by atoms with Gasteiger partial charge in [-0.3, -0.25) is 20.0 Å². The third kappa shape index (κ3) is 3.67. The van der Waals surface area contributed by atoms with Gasteiger partial charge in [-0.1, -0.05) is 13.8 Å². The van der Waals surface area contributed by atoms with Crippen molar-refractivity contribution in [3.05, 3.63) is 15.8 Å². The van der Waals surface area contributed by atoms with Gasteiger partial charge in [0.2, 0.25) is 5.69 Å². The molecule has 1 rings (SSSR count). The lowest BCUT2D eigenvalue weighted by molar-refractivity contribution is -0.386. The van der Waals surface area contributed by atoms with Gasteiger partial charge in [-0.25, -0.2) is 0 Å². The van der Waals surface area contributed by atoms with Crippen LogP contribution in [0.4, 0.5) is 5.69 Å². The van der Waals surface area contributed by atoms with Crippen LogP contribution in [0.25, 0.3) is 0 Å². The highest BCUT2D eigenvalue weighted by Crippen LogP contribution is 2.27. The number of likely N-dealkylation sites (N-methyl/N-ethyl adjacent to an activating group) is 1. The Morgan fingerprint density at radius 2 is 2.15 bits per heavy atom. The first kappa shape index (κ1) is 15.9. The highest BCUT2D eigenvalue weighted by molar-refractivity contribution is 5.97. The third-order valence-corrected chi connectivity index (χ3v) is 2.92. The first-order valence-corrected chi connectivity index (χ1v) is 6.32. The Balaban J connectivity index is 2.68. The van der Waals surface area contributed by atoms with E-state index in [2.05, 4.69) is 20.4 Å². The van der Waals surface area contributed by atoms with E-state index in [4.69, 9.17) is 4.74 Å². The Hall–Kier alpha value is -2.16. The average Bonchev–Trinajstić information content (AvgIpc) is 2.87. The summed E-state index contributed by atoms with van der Waals surface area (Å²) >= 11 is 0. The molecule has 0 fully saturated rings. The Labute approximate surface area is 116 Å². The van der Waals surface area contributed by atoms with E-state index in [1.807, 2.05) is 13.8 Å².